The fraction of sp³-hybridized carbons (Fsp3) is 0.455. The van der Waals surface area contributed by atoms with Crippen molar-refractivity contribution in [3.05, 3.63) is 35.9 Å². The van der Waals surface area contributed by atoms with Gasteiger partial charge in [0.25, 0.3) is 0 Å². The topological polar surface area (TPSA) is 35.2 Å². The molecule has 1 unspecified atom stereocenters. The van der Waals surface area contributed by atoms with Crippen LogP contribution in [0.3, 0.4) is 0 Å². The van der Waals surface area contributed by atoms with E-state index in [-0.39, 0.29) is 0 Å². The first-order chi connectivity index (χ1) is 6.38. The number of rotatable bonds is 5. The molecule has 0 aliphatic heterocycles. The summed E-state index contributed by atoms with van der Waals surface area (Å²) in [7, 11) is 1.72. The van der Waals surface area contributed by atoms with Crippen LogP contribution in [0.4, 0.5) is 0 Å². The second-order valence-corrected chi connectivity index (χ2v) is 3.12. The van der Waals surface area contributed by atoms with E-state index in [1.165, 1.54) is 5.56 Å². The molecule has 0 amide bonds. The second-order valence-electron chi connectivity index (χ2n) is 3.12. The number of methoxy groups -OCH3 is 1. The number of ether oxygens (including phenoxy) is 1. The summed E-state index contributed by atoms with van der Waals surface area (Å²) in [6.45, 7) is 1.46. The molecular formula is C11H17NO. The van der Waals surface area contributed by atoms with Crippen LogP contribution in [0.2, 0.25) is 0 Å². The van der Waals surface area contributed by atoms with Crippen molar-refractivity contribution in [3.8, 4) is 0 Å². The van der Waals surface area contributed by atoms with E-state index < -0.39 is 0 Å². The van der Waals surface area contributed by atoms with Crippen LogP contribution in [0.5, 0.6) is 0 Å². The van der Waals surface area contributed by atoms with Gasteiger partial charge in [-0.2, -0.15) is 0 Å². The maximum Gasteiger partial charge on any atom is 0.0468 e. The molecule has 0 saturated carbocycles. The predicted octanol–water partition coefficient (Wildman–Crippen LogP) is 1.77. The van der Waals surface area contributed by atoms with Crippen molar-refractivity contribution in [2.24, 2.45) is 5.73 Å². The van der Waals surface area contributed by atoms with Gasteiger partial charge < -0.3 is 10.5 Å². The molecule has 13 heavy (non-hydrogen) atoms. The molecular weight excluding hydrogens is 162 g/mol. The Kier molecular flexibility index (Phi) is 4.50. The lowest BCUT2D eigenvalue weighted by molar-refractivity contribution is 0.188. The van der Waals surface area contributed by atoms with E-state index in [0.29, 0.717) is 12.5 Å². The minimum absolute atomic E-state index is 0.432. The Labute approximate surface area is 79.7 Å². The van der Waals surface area contributed by atoms with E-state index in [2.05, 4.69) is 12.1 Å². The van der Waals surface area contributed by atoms with Crippen molar-refractivity contribution in [1.29, 1.82) is 0 Å². The molecule has 2 heteroatoms. The van der Waals surface area contributed by atoms with E-state index >= 15 is 0 Å². The van der Waals surface area contributed by atoms with Gasteiger partial charge in [-0.05, 0) is 24.4 Å². The number of nitrogens with two attached hydrogens (primary N) is 1. The Morgan fingerprint density at radius 2 is 2.00 bits per heavy atom. The Morgan fingerprint density at radius 3 is 2.54 bits per heavy atom. The van der Waals surface area contributed by atoms with E-state index in [1.807, 2.05) is 18.2 Å². The highest BCUT2D eigenvalue weighted by molar-refractivity contribution is 5.19. The van der Waals surface area contributed by atoms with E-state index in [0.717, 1.165) is 13.0 Å². The van der Waals surface area contributed by atoms with Gasteiger partial charge in [-0.25, -0.2) is 0 Å². The fourth-order valence-electron chi connectivity index (χ4n) is 1.41. The summed E-state index contributed by atoms with van der Waals surface area (Å²) >= 11 is 0. The fourth-order valence-corrected chi connectivity index (χ4v) is 1.41. The molecule has 0 spiro atoms. The van der Waals surface area contributed by atoms with Crippen LogP contribution in [0.1, 0.15) is 17.9 Å². The van der Waals surface area contributed by atoms with E-state index in [9.17, 15) is 0 Å². The maximum atomic E-state index is 5.69. The van der Waals surface area contributed by atoms with Gasteiger partial charge in [0.15, 0.2) is 0 Å². The largest absolute Gasteiger partial charge is 0.385 e. The average Bonchev–Trinajstić information content (AvgIpc) is 2.21. The first-order valence-corrected chi connectivity index (χ1v) is 4.62. The van der Waals surface area contributed by atoms with Crippen LogP contribution < -0.4 is 5.73 Å². The first-order valence-electron chi connectivity index (χ1n) is 4.62. The van der Waals surface area contributed by atoms with Crippen LogP contribution in [0, 0.1) is 0 Å². The standard InChI is InChI=1S/C11H17NO/c1-13-8-7-11(9-12)10-5-3-2-4-6-10/h2-6,11H,7-9,12H2,1H3. The van der Waals surface area contributed by atoms with Gasteiger partial charge in [-0.1, -0.05) is 30.3 Å². The molecule has 0 fully saturated rings. The quantitative estimate of drug-likeness (QED) is 0.747. The molecule has 0 aliphatic carbocycles. The molecule has 0 aromatic heterocycles. The summed E-state index contributed by atoms with van der Waals surface area (Å²) in [6.07, 6.45) is 0.997. The summed E-state index contributed by atoms with van der Waals surface area (Å²) < 4.78 is 5.04. The van der Waals surface area contributed by atoms with Crippen LogP contribution in [0.15, 0.2) is 30.3 Å². The molecule has 0 bridgehead atoms. The van der Waals surface area contributed by atoms with Gasteiger partial charge >= 0.3 is 0 Å². The summed E-state index contributed by atoms with van der Waals surface area (Å²) in [6, 6.07) is 10.4. The van der Waals surface area contributed by atoms with Crippen molar-refractivity contribution < 1.29 is 4.74 Å². The molecule has 72 valence electrons. The predicted molar refractivity (Wildman–Crippen MR) is 54.7 cm³/mol. The Balaban J connectivity index is 2.56. The van der Waals surface area contributed by atoms with Gasteiger partial charge in [-0.3, -0.25) is 0 Å². The minimum Gasteiger partial charge on any atom is -0.385 e. The molecule has 2 nitrogen and oxygen atoms in total. The smallest absolute Gasteiger partial charge is 0.0468 e. The molecule has 0 heterocycles. The van der Waals surface area contributed by atoms with Gasteiger partial charge in [0, 0.05) is 13.7 Å². The summed E-state index contributed by atoms with van der Waals surface area (Å²) in [5.41, 5.74) is 7.00. The highest BCUT2D eigenvalue weighted by atomic mass is 16.5. The minimum atomic E-state index is 0.432. The van der Waals surface area contributed by atoms with Crippen LogP contribution in [0.25, 0.3) is 0 Å². The summed E-state index contributed by atoms with van der Waals surface area (Å²) in [4.78, 5) is 0. The molecule has 1 aromatic carbocycles. The third kappa shape index (κ3) is 3.17. The van der Waals surface area contributed by atoms with Crippen LogP contribution >= 0.6 is 0 Å². The van der Waals surface area contributed by atoms with Crippen molar-refractivity contribution in [2.75, 3.05) is 20.3 Å². The summed E-state index contributed by atoms with van der Waals surface area (Å²) in [5.74, 6) is 0.432. The molecule has 0 aliphatic rings. The van der Waals surface area contributed by atoms with Crippen molar-refractivity contribution in [2.45, 2.75) is 12.3 Å². The zero-order valence-corrected chi connectivity index (χ0v) is 8.07. The number of benzene rings is 1. The SMILES string of the molecule is COCCC(CN)c1ccccc1. The van der Waals surface area contributed by atoms with Crippen molar-refractivity contribution >= 4 is 0 Å². The van der Waals surface area contributed by atoms with Crippen LogP contribution in [-0.4, -0.2) is 20.3 Å². The highest BCUT2D eigenvalue weighted by Gasteiger charge is 2.07. The van der Waals surface area contributed by atoms with E-state index in [1.54, 1.807) is 7.11 Å². The lowest BCUT2D eigenvalue weighted by Crippen LogP contribution is -2.14. The second kappa shape index (κ2) is 5.73. The molecule has 1 rings (SSSR count). The molecule has 2 N–H and O–H groups in total. The van der Waals surface area contributed by atoms with Crippen molar-refractivity contribution in [1.82, 2.24) is 0 Å². The normalized spacial score (nSPS) is 12.8. The number of hydrogen-bond donors (Lipinski definition) is 1. The third-order valence-corrected chi connectivity index (χ3v) is 2.23. The average molecular weight is 179 g/mol. The molecule has 0 saturated heterocycles. The lowest BCUT2D eigenvalue weighted by Gasteiger charge is -2.13. The molecule has 1 aromatic rings. The van der Waals surface area contributed by atoms with Gasteiger partial charge in [-0.15, -0.1) is 0 Å². The third-order valence-electron chi connectivity index (χ3n) is 2.23. The van der Waals surface area contributed by atoms with Gasteiger partial charge in [0.2, 0.25) is 0 Å². The van der Waals surface area contributed by atoms with Gasteiger partial charge in [0.1, 0.15) is 0 Å². The Morgan fingerprint density at radius 1 is 1.31 bits per heavy atom. The zero-order chi connectivity index (χ0) is 9.52. The first kappa shape index (κ1) is 10.2. The zero-order valence-electron chi connectivity index (χ0n) is 8.07. The Bertz CT molecular complexity index is 223. The van der Waals surface area contributed by atoms with E-state index in [4.69, 9.17) is 10.5 Å². The monoisotopic (exact) mass is 179 g/mol. The Hall–Kier alpha value is -0.860. The molecule has 1 atom stereocenters. The van der Waals surface area contributed by atoms with Gasteiger partial charge in [0.05, 0.1) is 0 Å². The lowest BCUT2D eigenvalue weighted by atomic mass is 9.96. The van der Waals surface area contributed by atoms with Crippen molar-refractivity contribution in [3.63, 3.8) is 0 Å². The summed E-state index contributed by atoms with van der Waals surface area (Å²) in [5, 5.41) is 0. The van der Waals surface area contributed by atoms with Crippen LogP contribution in [-0.2, 0) is 4.74 Å². The maximum absolute atomic E-state index is 5.69. The molecule has 0 radical (unpaired) electrons. The number of hydrogen-bond acceptors (Lipinski definition) is 2. The highest BCUT2D eigenvalue weighted by Crippen LogP contribution is 2.17.